The van der Waals surface area contributed by atoms with Gasteiger partial charge in [0, 0.05) is 9.26 Å². The van der Waals surface area contributed by atoms with E-state index in [2.05, 4.69) is 27.9 Å². The third kappa shape index (κ3) is 3.70. The number of nitrogens with one attached hydrogen (secondary N) is 1. The van der Waals surface area contributed by atoms with Crippen LogP contribution in [-0.4, -0.2) is 12.0 Å². The molecule has 2 aromatic rings. The first kappa shape index (κ1) is 14.3. The number of hydrogen-bond acceptors (Lipinski definition) is 3. The van der Waals surface area contributed by atoms with Crippen LogP contribution in [0.5, 0.6) is 5.75 Å². The van der Waals surface area contributed by atoms with Gasteiger partial charge in [-0.1, -0.05) is 12.1 Å². The van der Waals surface area contributed by atoms with E-state index >= 15 is 0 Å². The highest BCUT2D eigenvalue weighted by Gasteiger charge is 2.09. The Hall–Kier alpha value is -2.09. The Morgan fingerprint density at radius 1 is 1.05 bits per heavy atom. The first-order chi connectivity index (χ1) is 9.56. The van der Waals surface area contributed by atoms with Crippen molar-refractivity contribution in [2.75, 3.05) is 5.32 Å². The zero-order valence-corrected chi connectivity index (χ0v) is 12.5. The van der Waals surface area contributed by atoms with Crippen molar-refractivity contribution in [3.63, 3.8) is 0 Å². The molecule has 0 fully saturated rings. The molecule has 0 aromatic heterocycles. The van der Waals surface area contributed by atoms with Crippen LogP contribution < -0.4 is 15.8 Å². The van der Waals surface area contributed by atoms with Crippen LogP contribution in [0.3, 0.4) is 0 Å². The van der Waals surface area contributed by atoms with Crippen molar-refractivity contribution in [1.29, 1.82) is 0 Å². The third-order valence-corrected chi connectivity index (χ3v) is 3.39. The van der Waals surface area contributed by atoms with Gasteiger partial charge in [-0.15, -0.1) is 0 Å². The van der Waals surface area contributed by atoms with E-state index in [0.717, 1.165) is 3.57 Å². The van der Waals surface area contributed by atoms with Gasteiger partial charge in [0.2, 0.25) is 0 Å². The number of ether oxygens (including phenoxy) is 1. The minimum absolute atomic E-state index is 0.196. The van der Waals surface area contributed by atoms with E-state index < -0.39 is 6.09 Å². The van der Waals surface area contributed by atoms with Gasteiger partial charge in [0.1, 0.15) is 5.75 Å². The molecule has 6 heteroatoms. The highest BCUT2D eigenvalue weighted by Crippen LogP contribution is 2.18. The van der Waals surface area contributed by atoms with Crippen LogP contribution in [0.1, 0.15) is 10.4 Å². The van der Waals surface area contributed by atoms with E-state index in [0.29, 0.717) is 17.0 Å². The lowest BCUT2D eigenvalue weighted by Gasteiger charge is -2.07. The molecule has 0 unspecified atom stereocenters. The first-order valence-electron chi connectivity index (χ1n) is 5.69. The average Bonchev–Trinajstić information content (AvgIpc) is 2.41. The summed E-state index contributed by atoms with van der Waals surface area (Å²) in [4.78, 5) is 22.7. The van der Waals surface area contributed by atoms with Crippen LogP contribution >= 0.6 is 22.6 Å². The van der Waals surface area contributed by atoms with Gasteiger partial charge >= 0.3 is 6.09 Å². The molecule has 2 rings (SSSR count). The number of benzene rings is 2. The predicted molar refractivity (Wildman–Crippen MR) is 83.8 cm³/mol. The molecular formula is C14H11IN2O3. The van der Waals surface area contributed by atoms with Gasteiger partial charge in [0.25, 0.3) is 5.91 Å². The molecule has 0 spiro atoms. The predicted octanol–water partition coefficient (Wildman–Crippen LogP) is 3.00. The normalized spacial score (nSPS) is 9.85. The summed E-state index contributed by atoms with van der Waals surface area (Å²) in [5.74, 6) is 0.128. The molecule has 0 radical (unpaired) electrons. The van der Waals surface area contributed by atoms with Crippen LogP contribution in [0.2, 0.25) is 0 Å². The molecule has 0 aliphatic carbocycles. The van der Waals surface area contributed by atoms with Crippen LogP contribution in [0.4, 0.5) is 10.5 Å². The molecule has 0 saturated carbocycles. The monoisotopic (exact) mass is 382 g/mol. The van der Waals surface area contributed by atoms with E-state index in [1.165, 1.54) is 0 Å². The molecular weight excluding hydrogens is 371 g/mol. The zero-order valence-electron chi connectivity index (χ0n) is 10.3. The second-order valence-corrected chi connectivity index (χ2v) is 5.04. The van der Waals surface area contributed by atoms with E-state index in [1.807, 2.05) is 12.1 Å². The first-order valence-corrected chi connectivity index (χ1v) is 6.77. The lowest BCUT2D eigenvalue weighted by Crippen LogP contribution is -2.16. The van der Waals surface area contributed by atoms with Gasteiger partial charge in [0.05, 0.1) is 5.56 Å². The summed E-state index contributed by atoms with van der Waals surface area (Å²) in [5, 5.41) is 2.76. The van der Waals surface area contributed by atoms with Crippen LogP contribution in [0.15, 0.2) is 48.5 Å². The highest BCUT2D eigenvalue weighted by atomic mass is 127. The van der Waals surface area contributed by atoms with Crippen molar-refractivity contribution in [3.05, 3.63) is 57.7 Å². The summed E-state index contributed by atoms with van der Waals surface area (Å²) in [6.45, 7) is 0. The number of halogens is 1. The van der Waals surface area contributed by atoms with Crippen LogP contribution in [0.25, 0.3) is 0 Å². The number of carbonyl (C=O) groups excluding carboxylic acids is 2. The number of carbonyl (C=O) groups is 2. The van der Waals surface area contributed by atoms with E-state index in [1.54, 1.807) is 36.4 Å². The van der Waals surface area contributed by atoms with Gasteiger partial charge in [-0.05, 0) is 59.0 Å². The standard InChI is InChI=1S/C14H11IN2O3/c15-12-4-2-1-3-11(12)13(18)17-9-5-7-10(8-6-9)20-14(16)19/h1-8H,(H2,16,19)(H,17,18). The number of nitrogens with two attached hydrogens (primary N) is 1. The third-order valence-electron chi connectivity index (χ3n) is 2.45. The van der Waals surface area contributed by atoms with Gasteiger partial charge in [-0.2, -0.15) is 0 Å². The Kier molecular flexibility index (Phi) is 4.57. The number of rotatable bonds is 3. The molecule has 0 aliphatic heterocycles. The van der Waals surface area contributed by atoms with Crippen molar-refractivity contribution in [1.82, 2.24) is 0 Å². The molecule has 0 atom stereocenters. The molecule has 2 amide bonds. The Morgan fingerprint density at radius 3 is 2.30 bits per heavy atom. The Bertz CT molecular complexity index is 641. The van der Waals surface area contributed by atoms with Crippen molar-refractivity contribution in [2.24, 2.45) is 5.73 Å². The maximum Gasteiger partial charge on any atom is 0.409 e. The molecule has 20 heavy (non-hydrogen) atoms. The average molecular weight is 382 g/mol. The largest absolute Gasteiger partial charge is 0.411 e. The fourth-order valence-electron chi connectivity index (χ4n) is 1.57. The molecule has 5 nitrogen and oxygen atoms in total. The van der Waals surface area contributed by atoms with Gasteiger partial charge in [-0.3, -0.25) is 4.79 Å². The maximum atomic E-state index is 12.1. The van der Waals surface area contributed by atoms with Crippen molar-refractivity contribution < 1.29 is 14.3 Å². The topological polar surface area (TPSA) is 81.4 Å². The summed E-state index contributed by atoms with van der Waals surface area (Å²) in [7, 11) is 0. The molecule has 0 saturated heterocycles. The molecule has 0 aliphatic rings. The second-order valence-electron chi connectivity index (χ2n) is 3.88. The van der Waals surface area contributed by atoms with Crippen molar-refractivity contribution in [2.45, 2.75) is 0 Å². The fourth-order valence-corrected chi connectivity index (χ4v) is 2.20. The molecule has 0 bridgehead atoms. The minimum Gasteiger partial charge on any atom is -0.411 e. The molecule has 102 valence electrons. The number of anilines is 1. The second kappa shape index (κ2) is 6.38. The molecule has 3 N–H and O–H groups in total. The summed E-state index contributed by atoms with van der Waals surface area (Å²) in [5.41, 5.74) is 6.11. The number of hydrogen-bond donors (Lipinski definition) is 2. The quantitative estimate of drug-likeness (QED) is 0.801. The van der Waals surface area contributed by atoms with Crippen molar-refractivity contribution in [3.8, 4) is 5.75 Å². The zero-order chi connectivity index (χ0) is 14.5. The maximum absolute atomic E-state index is 12.1. The van der Waals surface area contributed by atoms with Crippen molar-refractivity contribution >= 4 is 40.3 Å². The van der Waals surface area contributed by atoms with E-state index in [9.17, 15) is 9.59 Å². The lowest BCUT2D eigenvalue weighted by atomic mass is 10.2. The minimum atomic E-state index is -0.874. The van der Waals surface area contributed by atoms with Gasteiger partial charge in [0.15, 0.2) is 0 Å². The Morgan fingerprint density at radius 2 is 1.70 bits per heavy atom. The smallest absolute Gasteiger partial charge is 0.409 e. The van der Waals surface area contributed by atoms with Crippen LogP contribution in [-0.2, 0) is 0 Å². The summed E-state index contributed by atoms with van der Waals surface area (Å²) in [6, 6.07) is 13.7. The van der Waals surface area contributed by atoms with Crippen LogP contribution in [0, 0.1) is 3.57 Å². The van der Waals surface area contributed by atoms with E-state index in [4.69, 9.17) is 10.5 Å². The number of amides is 2. The van der Waals surface area contributed by atoms with Gasteiger partial charge < -0.3 is 15.8 Å². The van der Waals surface area contributed by atoms with E-state index in [-0.39, 0.29) is 5.91 Å². The number of primary amides is 1. The lowest BCUT2D eigenvalue weighted by molar-refractivity contribution is 0.102. The summed E-state index contributed by atoms with van der Waals surface area (Å²) >= 11 is 2.10. The Labute approximate surface area is 129 Å². The molecule has 2 aromatic carbocycles. The van der Waals surface area contributed by atoms with Gasteiger partial charge in [-0.25, -0.2) is 4.79 Å². The fraction of sp³-hybridized carbons (Fsp3) is 0. The molecule has 0 heterocycles. The Balaban J connectivity index is 2.09. The summed E-state index contributed by atoms with van der Waals surface area (Å²) in [6.07, 6.45) is -0.874. The summed E-state index contributed by atoms with van der Waals surface area (Å²) < 4.78 is 5.57. The highest BCUT2D eigenvalue weighted by molar-refractivity contribution is 14.1. The SMILES string of the molecule is NC(=O)Oc1ccc(NC(=O)c2ccccc2I)cc1.